The molecule has 2 N–H and O–H groups in total. The van der Waals surface area contributed by atoms with E-state index in [1.165, 1.54) is 0 Å². The number of hydrogen-bond acceptors (Lipinski definition) is 2. The Balaban J connectivity index is 3.19. The fourth-order valence-corrected chi connectivity index (χ4v) is 1.23. The Labute approximate surface area is 77.3 Å². The molecule has 0 amide bonds. The average Bonchev–Trinajstić information content (AvgIpc) is 2.09. The van der Waals surface area contributed by atoms with E-state index in [0.717, 1.165) is 21.9 Å². The number of nitrogens with two attached hydrogens (primary N) is 1. The molecule has 0 heterocycles. The van der Waals surface area contributed by atoms with Gasteiger partial charge in [-0.1, -0.05) is 11.6 Å². The van der Waals surface area contributed by atoms with Gasteiger partial charge in [0.25, 0.3) is 0 Å². The average molecular weight is 186 g/mol. The Morgan fingerprint density at radius 2 is 2.17 bits per heavy atom. The predicted molar refractivity (Wildman–Crippen MR) is 50.6 cm³/mol. The molecule has 0 aliphatic heterocycles. The number of ether oxygens (including phenoxy) is 1. The molecule has 0 spiro atoms. The van der Waals surface area contributed by atoms with Crippen LogP contribution in [0, 0.1) is 6.92 Å². The zero-order valence-corrected chi connectivity index (χ0v) is 7.98. The van der Waals surface area contributed by atoms with Crippen LogP contribution in [-0.2, 0) is 6.54 Å². The summed E-state index contributed by atoms with van der Waals surface area (Å²) in [6, 6.07) is 3.74. The zero-order valence-electron chi connectivity index (χ0n) is 7.23. The van der Waals surface area contributed by atoms with E-state index in [9.17, 15) is 0 Å². The van der Waals surface area contributed by atoms with Crippen molar-refractivity contribution < 1.29 is 4.74 Å². The summed E-state index contributed by atoms with van der Waals surface area (Å²) >= 11 is 5.91. The fourth-order valence-electron chi connectivity index (χ4n) is 1.05. The minimum atomic E-state index is 0.448. The minimum Gasteiger partial charge on any atom is -0.496 e. The first-order valence-corrected chi connectivity index (χ1v) is 4.10. The molecule has 0 atom stereocenters. The molecular formula is C9H12ClNO. The summed E-state index contributed by atoms with van der Waals surface area (Å²) in [5.74, 6) is 0.805. The largest absolute Gasteiger partial charge is 0.496 e. The quantitative estimate of drug-likeness (QED) is 0.766. The van der Waals surface area contributed by atoms with E-state index in [4.69, 9.17) is 22.1 Å². The van der Waals surface area contributed by atoms with Gasteiger partial charge in [-0.3, -0.25) is 0 Å². The summed E-state index contributed by atoms with van der Waals surface area (Å²) in [4.78, 5) is 0. The van der Waals surface area contributed by atoms with E-state index in [0.29, 0.717) is 6.54 Å². The van der Waals surface area contributed by atoms with Gasteiger partial charge in [0.15, 0.2) is 0 Å². The Hall–Kier alpha value is -0.730. The highest BCUT2D eigenvalue weighted by Gasteiger charge is 2.04. The predicted octanol–water partition coefficient (Wildman–Crippen LogP) is 2.12. The first kappa shape index (κ1) is 9.36. The number of halogens is 1. The van der Waals surface area contributed by atoms with Crippen LogP contribution in [0.1, 0.15) is 11.1 Å². The van der Waals surface area contributed by atoms with Gasteiger partial charge >= 0.3 is 0 Å². The maximum absolute atomic E-state index is 5.91. The maximum atomic E-state index is 5.91. The van der Waals surface area contributed by atoms with Crippen molar-refractivity contribution in [2.24, 2.45) is 5.73 Å². The fraction of sp³-hybridized carbons (Fsp3) is 0.333. The maximum Gasteiger partial charge on any atom is 0.123 e. The van der Waals surface area contributed by atoms with Crippen LogP contribution in [0.2, 0.25) is 5.02 Å². The van der Waals surface area contributed by atoms with Gasteiger partial charge in [0.2, 0.25) is 0 Å². The van der Waals surface area contributed by atoms with E-state index in [1.807, 2.05) is 19.1 Å². The van der Waals surface area contributed by atoms with Crippen LogP contribution in [-0.4, -0.2) is 7.11 Å². The second-order valence-corrected chi connectivity index (χ2v) is 3.02. The molecule has 2 nitrogen and oxygen atoms in total. The molecule has 0 saturated heterocycles. The van der Waals surface area contributed by atoms with Crippen LogP contribution in [0.5, 0.6) is 5.75 Å². The normalized spacial score (nSPS) is 10.0. The Morgan fingerprint density at radius 1 is 1.50 bits per heavy atom. The number of methoxy groups -OCH3 is 1. The van der Waals surface area contributed by atoms with Crippen molar-refractivity contribution in [3.8, 4) is 5.75 Å². The number of rotatable bonds is 2. The van der Waals surface area contributed by atoms with Gasteiger partial charge in [-0.2, -0.15) is 0 Å². The molecule has 1 aromatic carbocycles. The summed E-state index contributed by atoms with van der Waals surface area (Å²) in [7, 11) is 1.63. The molecule has 66 valence electrons. The lowest BCUT2D eigenvalue weighted by Crippen LogP contribution is -2.00. The van der Waals surface area contributed by atoms with Crippen molar-refractivity contribution in [3.63, 3.8) is 0 Å². The molecule has 12 heavy (non-hydrogen) atoms. The number of hydrogen-bond donors (Lipinski definition) is 1. The number of aryl methyl sites for hydroxylation is 1. The summed E-state index contributed by atoms with van der Waals surface area (Å²) in [5.41, 5.74) is 7.45. The number of benzene rings is 1. The molecule has 3 heteroatoms. The molecular weight excluding hydrogens is 174 g/mol. The van der Waals surface area contributed by atoms with Crippen LogP contribution in [0.4, 0.5) is 0 Å². The highest BCUT2D eigenvalue weighted by atomic mass is 35.5. The lowest BCUT2D eigenvalue weighted by molar-refractivity contribution is 0.409. The van der Waals surface area contributed by atoms with E-state index in [-0.39, 0.29) is 0 Å². The molecule has 0 saturated carbocycles. The first-order chi connectivity index (χ1) is 5.69. The van der Waals surface area contributed by atoms with Crippen LogP contribution < -0.4 is 10.5 Å². The van der Waals surface area contributed by atoms with Crippen molar-refractivity contribution in [1.29, 1.82) is 0 Å². The molecule has 0 radical (unpaired) electrons. The van der Waals surface area contributed by atoms with Crippen LogP contribution in [0.25, 0.3) is 0 Å². The standard InChI is InChI=1S/C9H12ClNO/c1-6-3-9(12-2)7(5-11)4-8(6)10/h3-4H,5,11H2,1-2H3. The van der Waals surface area contributed by atoms with Gasteiger partial charge in [0.1, 0.15) is 5.75 Å². The van der Waals surface area contributed by atoms with Crippen LogP contribution >= 0.6 is 11.6 Å². The van der Waals surface area contributed by atoms with E-state index in [1.54, 1.807) is 7.11 Å². The Kier molecular flexibility index (Phi) is 2.95. The van der Waals surface area contributed by atoms with Gasteiger partial charge in [-0.05, 0) is 24.6 Å². The molecule has 1 rings (SSSR count). The van der Waals surface area contributed by atoms with E-state index >= 15 is 0 Å². The Bertz CT molecular complexity index is 257. The lowest BCUT2D eigenvalue weighted by atomic mass is 10.1. The molecule has 0 aliphatic rings. The smallest absolute Gasteiger partial charge is 0.123 e. The van der Waals surface area contributed by atoms with Crippen molar-refractivity contribution in [2.75, 3.05) is 7.11 Å². The molecule has 1 aromatic rings. The van der Waals surface area contributed by atoms with Gasteiger partial charge in [0.05, 0.1) is 7.11 Å². The molecule has 0 aliphatic carbocycles. The third-order valence-corrected chi connectivity index (χ3v) is 2.19. The zero-order chi connectivity index (χ0) is 9.14. The van der Waals surface area contributed by atoms with Crippen molar-refractivity contribution in [1.82, 2.24) is 0 Å². The van der Waals surface area contributed by atoms with Crippen molar-refractivity contribution in [3.05, 3.63) is 28.3 Å². The molecule has 0 fully saturated rings. The second-order valence-electron chi connectivity index (χ2n) is 2.62. The first-order valence-electron chi connectivity index (χ1n) is 3.72. The molecule has 0 unspecified atom stereocenters. The van der Waals surface area contributed by atoms with Crippen molar-refractivity contribution >= 4 is 11.6 Å². The summed E-state index contributed by atoms with van der Waals surface area (Å²) < 4.78 is 5.13. The summed E-state index contributed by atoms with van der Waals surface area (Å²) in [6.07, 6.45) is 0. The summed E-state index contributed by atoms with van der Waals surface area (Å²) in [6.45, 7) is 2.38. The second kappa shape index (κ2) is 3.78. The van der Waals surface area contributed by atoms with Crippen LogP contribution in [0.3, 0.4) is 0 Å². The third-order valence-electron chi connectivity index (χ3n) is 1.78. The highest BCUT2D eigenvalue weighted by molar-refractivity contribution is 6.31. The van der Waals surface area contributed by atoms with Gasteiger partial charge < -0.3 is 10.5 Å². The monoisotopic (exact) mass is 185 g/mol. The van der Waals surface area contributed by atoms with Gasteiger partial charge in [-0.15, -0.1) is 0 Å². The summed E-state index contributed by atoms with van der Waals surface area (Å²) in [5, 5.41) is 0.733. The topological polar surface area (TPSA) is 35.2 Å². The van der Waals surface area contributed by atoms with E-state index in [2.05, 4.69) is 0 Å². The molecule has 0 bridgehead atoms. The van der Waals surface area contributed by atoms with Crippen molar-refractivity contribution in [2.45, 2.75) is 13.5 Å². The SMILES string of the molecule is COc1cc(C)c(Cl)cc1CN. The van der Waals surface area contributed by atoms with E-state index < -0.39 is 0 Å². The minimum absolute atomic E-state index is 0.448. The third kappa shape index (κ3) is 1.71. The van der Waals surface area contributed by atoms with Gasteiger partial charge in [-0.25, -0.2) is 0 Å². The molecule has 0 aromatic heterocycles. The lowest BCUT2D eigenvalue weighted by Gasteiger charge is -2.08. The van der Waals surface area contributed by atoms with Crippen LogP contribution in [0.15, 0.2) is 12.1 Å². The van der Waals surface area contributed by atoms with Gasteiger partial charge in [0, 0.05) is 17.1 Å². The Morgan fingerprint density at radius 3 is 2.67 bits per heavy atom. The highest BCUT2D eigenvalue weighted by Crippen LogP contribution is 2.25.